The standard InChI is InChI=1S/C23H31ClN4O/c1-23(7-9-29-10-8-23)16-27-19-11-17(13-25-14-19)20-12-22(26-15-21(20)24)28-18-5-3-2-4-6-18/h11-15,18,27H,2-10,16H2,1H3,(H,26,28). The highest BCUT2D eigenvalue weighted by Crippen LogP contribution is 2.33. The third-order valence-corrected chi connectivity index (χ3v) is 6.58. The molecule has 2 N–H and O–H groups in total. The maximum absolute atomic E-state index is 6.49. The summed E-state index contributed by atoms with van der Waals surface area (Å²) in [6, 6.07) is 4.69. The molecule has 0 amide bonds. The lowest BCUT2D eigenvalue weighted by Crippen LogP contribution is -2.33. The van der Waals surface area contributed by atoms with E-state index >= 15 is 0 Å². The van der Waals surface area contributed by atoms with Crippen molar-refractivity contribution in [1.29, 1.82) is 0 Å². The molecule has 4 rings (SSSR count). The Kier molecular flexibility index (Phi) is 6.56. The molecule has 1 saturated heterocycles. The van der Waals surface area contributed by atoms with Gasteiger partial charge in [-0.15, -0.1) is 0 Å². The Balaban J connectivity index is 1.47. The molecule has 0 aromatic carbocycles. The van der Waals surface area contributed by atoms with E-state index in [1.165, 1.54) is 32.1 Å². The van der Waals surface area contributed by atoms with Crippen LogP contribution < -0.4 is 10.6 Å². The highest BCUT2D eigenvalue weighted by molar-refractivity contribution is 6.33. The van der Waals surface area contributed by atoms with Crippen molar-refractivity contribution in [1.82, 2.24) is 9.97 Å². The van der Waals surface area contributed by atoms with E-state index in [0.29, 0.717) is 11.1 Å². The fourth-order valence-corrected chi connectivity index (χ4v) is 4.45. The summed E-state index contributed by atoms with van der Waals surface area (Å²) in [5.74, 6) is 0.893. The number of halogens is 1. The van der Waals surface area contributed by atoms with Crippen molar-refractivity contribution in [2.75, 3.05) is 30.4 Å². The molecule has 2 aromatic heterocycles. The molecule has 156 valence electrons. The van der Waals surface area contributed by atoms with E-state index in [9.17, 15) is 0 Å². The number of pyridine rings is 2. The van der Waals surface area contributed by atoms with Crippen molar-refractivity contribution >= 4 is 23.1 Å². The molecule has 0 atom stereocenters. The van der Waals surface area contributed by atoms with Crippen LogP contribution in [0.4, 0.5) is 11.5 Å². The van der Waals surface area contributed by atoms with Crippen LogP contribution >= 0.6 is 11.6 Å². The monoisotopic (exact) mass is 414 g/mol. The number of nitrogens with zero attached hydrogens (tertiary/aromatic N) is 2. The van der Waals surface area contributed by atoms with Crippen molar-refractivity contribution in [3.63, 3.8) is 0 Å². The van der Waals surface area contributed by atoms with Gasteiger partial charge in [-0.3, -0.25) is 4.98 Å². The van der Waals surface area contributed by atoms with Crippen LogP contribution in [0.2, 0.25) is 5.02 Å². The van der Waals surface area contributed by atoms with Crippen molar-refractivity contribution in [3.8, 4) is 11.1 Å². The maximum atomic E-state index is 6.49. The third kappa shape index (κ3) is 5.40. The summed E-state index contributed by atoms with van der Waals surface area (Å²) in [5, 5.41) is 7.81. The van der Waals surface area contributed by atoms with Crippen LogP contribution in [0.1, 0.15) is 51.9 Å². The second-order valence-electron chi connectivity index (χ2n) is 8.77. The highest BCUT2D eigenvalue weighted by Gasteiger charge is 2.27. The van der Waals surface area contributed by atoms with Crippen LogP contribution in [0, 0.1) is 5.41 Å². The molecule has 2 aromatic rings. The van der Waals surface area contributed by atoms with Gasteiger partial charge in [-0.25, -0.2) is 4.98 Å². The van der Waals surface area contributed by atoms with Crippen LogP contribution in [0.3, 0.4) is 0 Å². The van der Waals surface area contributed by atoms with Gasteiger partial charge < -0.3 is 15.4 Å². The normalized spacial score (nSPS) is 19.7. The molecule has 1 aliphatic carbocycles. The number of ether oxygens (including phenoxy) is 1. The van der Waals surface area contributed by atoms with Gasteiger partial charge in [0.15, 0.2) is 0 Å². The summed E-state index contributed by atoms with van der Waals surface area (Å²) in [7, 11) is 0. The Morgan fingerprint density at radius 2 is 1.90 bits per heavy atom. The highest BCUT2D eigenvalue weighted by atomic mass is 35.5. The van der Waals surface area contributed by atoms with Crippen LogP contribution in [0.25, 0.3) is 11.1 Å². The first kappa shape index (κ1) is 20.4. The summed E-state index contributed by atoms with van der Waals surface area (Å²) >= 11 is 6.49. The smallest absolute Gasteiger partial charge is 0.126 e. The molecule has 0 spiro atoms. The summed E-state index contributed by atoms with van der Waals surface area (Å²) in [6.45, 7) is 4.93. The van der Waals surface area contributed by atoms with Crippen LogP contribution in [-0.4, -0.2) is 35.8 Å². The van der Waals surface area contributed by atoms with E-state index in [-0.39, 0.29) is 5.41 Å². The van der Waals surface area contributed by atoms with E-state index in [2.05, 4.69) is 39.7 Å². The summed E-state index contributed by atoms with van der Waals surface area (Å²) in [5.41, 5.74) is 3.25. The van der Waals surface area contributed by atoms with Gasteiger partial charge in [0.25, 0.3) is 0 Å². The van der Waals surface area contributed by atoms with Crippen LogP contribution in [0.5, 0.6) is 0 Å². The Morgan fingerprint density at radius 3 is 2.69 bits per heavy atom. The van der Waals surface area contributed by atoms with Gasteiger partial charge in [0.1, 0.15) is 5.82 Å². The SMILES string of the molecule is CC1(CNc2cncc(-c3cc(NC4CCCCC4)ncc3Cl)c2)CCOCC1. The molecule has 0 bridgehead atoms. The molecule has 5 nitrogen and oxygen atoms in total. The summed E-state index contributed by atoms with van der Waals surface area (Å²) in [6.07, 6.45) is 14.0. The Hall–Kier alpha value is -1.85. The predicted octanol–water partition coefficient (Wildman–Crippen LogP) is 5.77. The number of rotatable bonds is 6. The topological polar surface area (TPSA) is 59.1 Å². The fraction of sp³-hybridized carbons (Fsp3) is 0.565. The van der Waals surface area contributed by atoms with Crippen LogP contribution in [0.15, 0.2) is 30.7 Å². The number of aromatic nitrogens is 2. The number of hydrogen-bond acceptors (Lipinski definition) is 5. The largest absolute Gasteiger partial charge is 0.383 e. The van der Waals surface area contributed by atoms with Crippen molar-refractivity contribution in [2.45, 2.75) is 57.9 Å². The molecule has 29 heavy (non-hydrogen) atoms. The van der Waals surface area contributed by atoms with E-state index in [1.807, 2.05) is 12.4 Å². The average Bonchev–Trinajstić information content (AvgIpc) is 2.75. The number of nitrogens with one attached hydrogen (secondary N) is 2. The van der Waals surface area contributed by atoms with Crippen molar-refractivity contribution in [2.24, 2.45) is 5.41 Å². The molecular formula is C23H31ClN4O. The van der Waals surface area contributed by atoms with Gasteiger partial charge in [-0.2, -0.15) is 0 Å². The van der Waals surface area contributed by atoms with Crippen LogP contribution in [-0.2, 0) is 4.74 Å². The van der Waals surface area contributed by atoms with E-state index in [4.69, 9.17) is 16.3 Å². The molecule has 2 fully saturated rings. The zero-order valence-corrected chi connectivity index (χ0v) is 18.0. The quantitative estimate of drug-likeness (QED) is 0.628. The lowest BCUT2D eigenvalue weighted by molar-refractivity contribution is 0.0300. The molecule has 1 aliphatic heterocycles. The average molecular weight is 415 g/mol. The van der Waals surface area contributed by atoms with E-state index in [0.717, 1.165) is 55.2 Å². The van der Waals surface area contributed by atoms with E-state index in [1.54, 1.807) is 6.20 Å². The maximum Gasteiger partial charge on any atom is 0.126 e. The fourth-order valence-electron chi connectivity index (χ4n) is 4.24. The molecule has 2 aliphatic rings. The van der Waals surface area contributed by atoms with Gasteiger partial charge in [-0.05, 0) is 43.2 Å². The first-order valence-electron chi connectivity index (χ1n) is 10.8. The summed E-state index contributed by atoms with van der Waals surface area (Å²) < 4.78 is 5.51. The lowest BCUT2D eigenvalue weighted by atomic mass is 9.82. The second kappa shape index (κ2) is 9.31. The number of anilines is 2. The van der Waals surface area contributed by atoms with Gasteiger partial charge in [0.2, 0.25) is 0 Å². The first-order chi connectivity index (χ1) is 14.1. The van der Waals surface area contributed by atoms with Gasteiger partial charge >= 0.3 is 0 Å². The first-order valence-corrected chi connectivity index (χ1v) is 11.2. The minimum Gasteiger partial charge on any atom is -0.383 e. The lowest BCUT2D eigenvalue weighted by Gasteiger charge is -2.33. The Bertz CT molecular complexity index is 816. The molecule has 0 unspecified atom stereocenters. The second-order valence-corrected chi connectivity index (χ2v) is 9.17. The third-order valence-electron chi connectivity index (χ3n) is 6.28. The van der Waals surface area contributed by atoms with Gasteiger partial charge in [0.05, 0.1) is 10.7 Å². The predicted molar refractivity (Wildman–Crippen MR) is 120 cm³/mol. The zero-order valence-electron chi connectivity index (χ0n) is 17.2. The molecule has 6 heteroatoms. The molecular weight excluding hydrogens is 384 g/mol. The van der Waals surface area contributed by atoms with E-state index < -0.39 is 0 Å². The van der Waals surface area contributed by atoms with Crippen molar-refractivity contribution < 1.29 is 4.74 Å². The summed E-state index contributed by atoms with van der Waals surface area (Å²) in [4.78, 5) is 8.94. The van der Waals surface area contributed by atoms with Crippen molar-refractivity contribution in [3.05, 3.63) is 35.7 Å². The minimum absolute atomic E-state index is 0.264. The Labute approximate surface area is 178 Å². The van der Waals surface area contributed by atoms with Gasteiger partial charge in [0, 0.05) is 55.5 Å². The zero-order chi connectivity index (χ0) is 20.1. The molecule has 1 saturated carbocycles. The Morgan fingerprint density at radius 1 is 1.10 bits per heavy atom. The minimum atomic E-state index is 0.264. The van der Waals surface area contributed by atoms with Gasteiger partial charge in [-0.1, -0.05) is 37.8 Å². The number of hydrogen-bond donors (Lipinski definition) is 2. The molecule has 3 heterocycles. The molecule has 0 radical (unpaired) electrons.